The van der Waals surface area contributed by atoms with Gasteiger partial charge in [0.15, 0.2) is 0 Å². The number of unbranched alkanes of at least 4 members (excludes halogenated alkanes) is 8. The third-order valence-electron chi connectivity index (χ3n) is 3.75. The van der Waals surface area contributed by atoms with Crippen LogP contribution in [0.15, 0.2) is 12.2 Å². The third kappa shape index (κ3) is 13.7. The molecule has 0 nitrogen and oxygen atoms in total. The third-order valence-corrected chi connectivity index (χ3v) is 3.75. The number of rotatable bonds is 12. The van der Waals surface area contributed by atoms with Crippen molar-refractivity contribution >= 4 is 0 Å². The summed E-state index contributed by atoms with van der Waals surface area (Å²) in [6.45, 7) is 6.79. The molecule has 0 aliphatic heterocycles. The van der Waals surface area contributed by atoms with Crippen LogP contribution in [0.1, 0.15) is 91.4 Å². The lowest BCUT2D eigenvalue weighted by atomic mass is 9.99. The fourth-order valence-corrected chi connectivity index (χ4v) is 2.19. The Labute approximate surface area is 110 Å². The molecular weight excluding hydrogens is 204 g/mol. The summed E-state index contributed by atoms with van der Waals surface area (Å²) in [5, 5.41) is 0. The molecule has 0 N–H and O–H groups in total. The van der Waals surface area contributed by atoms with Gasteiger partial charge in [0.05, 0.1) is 0 Å². The van der Waals surface area contributed by atoms with Crippen LogP contribution in [-0.2, 0) is 0 Å². The Kier molecular flexibility index (Phi) is 13.6. The van der Waals surface area contributed by atoms with Crippen LogP contribution in [0.2, 0.25) is 0 Å². The lowest BCUT2D eigenvalue weighted by Gasteiger charge is -2.07. The van der Waals surface area contributed by atoms with E-state index in [1.807, 2.05) is 0 Å². The summed E-state index contributed by atoms with van der Waals surface area (Å²) < 4.78 is 0. The van der Waals surface area contributed by atoms with Gasteiger partial charge >= 0.3 is 0 Å². The van der Waals surface area contributed by atoms with Crippen molar-refractivity contribution in [3.63, 3.8) is 0 Å². The Hall–Kier alpha value is -0.260. The van der Waals surface area contributed by atoms with Crippen molar-refractivity contribution in [2.75, 3.05) is 0 Å². The SMILES string of the molecule is C/C=C/CCCCCCCCCCC(C)CC. The first-order valence-corrected chi connectivity index (χ1v) is 7.92. The molecule has 0 bridgehead atoms. The second-order valence-electron chi connectivity index (χ2n) is 5.49. The van der Waals surface area contributed by atoms with Crippen LogP contribution in [-0.4, -0.2) is 0 Å². The van der Waals surface area contributed by atoms with Gasteiger partial charge in [0, 0.05) is 0 Å². The van der Waals surface area contributed by atoms with Crippen LogP contribution in [0, 0.1) is 5.92 Å². The van der Waals surface area contributed by atoms with Gasteiger partial charge < -0.3 is 0 Å². The fraction of sp³-hybridized carbons (Fsp3) is 0.882. The molecule has 17 heavy (non-hydrogen) atoms. The quantitative estimate of drug-likeness (QED) is 0.268. The zero-order chi connectivity index (χ0) is 12.8. The molecule has 0 heterocycles. The minimum atomic E-state index is 0.946. The van der Waals surface area contributed by atoms with Crippen molar-refractivity contribution in [1.29, 1.82) is 0 Å². The monoisotopic (exact) mass is 238 g/mol. The molecule has 0 rings (SSSR count). The van der Waals surface area contributed by atoms with E-state index in [-0.39, 0.29) is 0 Å². The highest BCUT2D eigenvalue weighted by Gasteiger charge is 1.98. The van der Waals surface area contributed by atoms with E-state index in [2.05, 4.69) is 32.9 Å². The van der Waals surface area contributed by atoms with E-state index in [0.717, 1.165) is 5.92 Å². The molecule has 0 aromatic rings. The first-order valence-electron chi connectivity index (χ1n) is 7.92. The second kappa shape index (κ2) is 13.8. The molecule has 0 aromatic carbocycles. The van der Waals surface area contributed by atoms with Crippen molar-refractivity contribution in [2.24, 2.45) is 5.92 Å². The van der Waals surface area contributed by atoms with Crippen LogP contribution in [0.25, 0.3) is 0 Å². The molecule has 0 radical (unpaired) electrons. The molecule has 1 unspecified atom stereocenters. The summed E-state index contributed by atoms with van der Waals surface area (Å²) in [5.74, 6) is 0.946. The maximum absolute atomic E-state index is 2.38. The van der Waals surface area contributed by atoms with Gasteiger partial charge in [-0.25, -0.2) is 0 Å². The molecule has 102 valence electrons. The highest BCUT2D eigenvalue weighted by molar-refractivity contribution is 4.76. The van der Waals surface area contributed by atoms with E-state index in [1.165, 1.54) is 70.6 Å². The first kappa shape index (κ1) is 16.7. The summed E-state index contributed by atoms with van der Waals surface area (Å²) in [6.07, 6.45) is 20.1. The van der Waals surface area contributed by atoms with Crippen molar-refractivity contribution in [3.8, 4) is 0 Å². The lowest BCUT2D eigenvalue weighted by molar-refractivity contribution is 0.469. The Morgan fingerprint density at radius 2 is 1.35 bits per heavy atom. The van der Waals surface area contributed by atoms with E-state index >= 15 is 0 Å². The van der Waals surface area contributed by atoms with Crippen molar-refractivity contribution in [1.82, 2.24) is 0 Å². The van der Waals surface area contributed by atoms with Crippen molar-refractivity contribution in [3.05, 3.63) is 12.2 Å². The molecule has 0 fully saturated rings. The summed E-state index contributed by atoms with van der Waals surface area (Å²) in [5.41, 5.74) is 0. The molecule has 1 atom stereocenters. The van der Waals surface area contributed by atoms with Gasteiger partial charge in [0.2, 0.25) is 0 Å². The Morgan fingerprint density at radius 1 is 0.824 bits per heavy atom. The molecule has 0 aliphatic rings. The number of hydrogen-bond donors (Lipinski definition) is 0. The summed E-state index contributed by atoms with van der Waals surface area (Å²) in [6, 6.07) is 0. The Morgan fingerprint density at radius 3 is 1.88 bits per heavy atom. The van der Waals surface area contributed by atoms with Crippen LogP contribution < -0.4 is 0 Å². The van der Waals surface area contributed by atoms with Gasteiger partial charge in [-0.3, -0.25) is 0 Å². The minimum Gasteiger partial charge on any atom is -0.0917 e. The normalized spacial score (nSPS) is 13.4. The molecule has 0 aromatic heterocycles. The van der Waals surface area contributed by atoms with E-state index in [4.69, 9.17) is 0 Å². The zero-order valence-electron chi connectivity index (χ0n) is 12.5. The summed E-state index contributed by atoms with van der Waals surface area (Å²) in [7, 11) is 0. The Balaban J connectivity index is 2.98. The van der Waals surface area contributed by atoms with Crippen LogP contribution in [0.5, 0.6) is 0 Å². The van der Waals surface area contributed by atoms with Gasteiger partial charge in [0.25, 0.3) is 0 Å². The number of hydrogen-bond acceptors (Lipinski definition) is 0. The van der Waals surface area contributed by atoms with E-state index in [9.17, 15) is 0 Å². The largest absolute Gasteiger partial charge is 0.0917 e. The van der Waals surface area contributed by atoms with Crippen LogP contribution in [0.4, 0.5) is 0 Å². The molecule has 0 heteroatoms. The van der Waals surface area contributed by atoms with Gasteiger partial charge in [0.1, 0.15) is 0 Å². The molecule has 0 spiro atoms. The van der Waals surface area contributed by atoms with Crippen molar-refractivity contribution in [2.45, 2.75) is 91.4 Å². The van der Waals surface area contributed by atoms with Gasteiger partial charge in [-0.05, 0) is 25.7 Å². The molecule has 0 amide bonds. The standard InChI is InChI=1S/C17H34/c1-4-6-7-8-9-10-11-12-13-14-15-16-17(3)5-2/h4,6,17H,5,7-16H2,1-3H3/b6-4+. The maximum Gasteiger partial charge on any atom is -0.0351 e. The second-order valence-corrected chi connectivity index (χ2v) is 5.49. The minimum absolute atomic E-state index is 0.946. The maximum atomic E-state index is 2.38. The van der Waals surface area contributed by atoms with E-state index < -0.39 is 0 Å². The Bertz CT molecular complexity index is 157. The van der Waals surface area contributed by atoms with Crippen LogP contribution >= 0.6 is 0 Å². The van der Waals surface area contributed by atoms with Crippen molar-refractivity contribution < 1.29 is 0 Å². The van der Waals surface area contributed by atoms with Crippen LogP contribution in [0.3, 0.4) is 0 Å². The smallest absolute Gasteiger partial charge is 0.0351 e. The molecule has 0 saturated heterocycles. The van der Waals surface area contributed by atoms with Gasteiger partial charge in [-0.2, -0.15) is 0 Å². The lowest BCUT2D eigenvalue weighted by Crippen LogP contribution is -1.91. The average molecular weight is 238 g/mol. The van der Waals surface area contributed by atoms with Gasteiger partial charge in [-0.1, -0.05) is 83.8 Å². The predicted molar refractivity (Wildman–Crippen MR) is 80.4 cm³/mol. The fourth-order valence-electron chi connectivity index (χ4n) is 2.19. The molecular formula is C17H34. The average Bonchev–Trinajstić information content (AvgIpc) is 2.35. The van der Waals surface area contributed by atoms with Gasteiger partial charge in [-0.15, -0.1) is 0 Å². The zero-order valence-corrected chi connectivity index (χ0v) is 12.5. The topological polar surface area (TPSA) is 0 Å². The summed E-state index contributed by atoms with van der Waals surface area (Å²) in [4.78, 5) is 0. The molecule has 0 aliphatic carbocycles. The first-order chi connectivity index (χ1) is 8.31. The van der Waals surface area contributed by atoms with E-state index in [1.54, 1.807) is 0 Å². The number of allylic oxidation sites excluding steroid dienone is 2. The highest BCUT2D eigenvalue weighted by atomic mass is 14.0. The molecule has 0 saturated carbocycles. The highest BCUT2D eigenvalue weighted by Crippen LogP contribution is 2.14. The van der Waals surface area contributed by atoms with E-state index in [0.29, 0.717) is 0 Å². The summed E-state index contributed by atoms with van der Waals surface area (Å²) >= 11 is 0. The predicted octanol–water partition coefficient (Wildman–Crippen LogP) is 6.51.